The Kier molecular flexibility index (Phi) is 10.6. The Morgan fingerprint density at radius 2 is 1.76 bits per heavy atom. The van der Waals surface area contributed by atoms with Gasteiger partial charge >= 0.3 is 12.5 Å². The number of pyridine rings is 1. The van der Waals surface area contributed by atoms with E-state index < -0.39 is 88.7 Å². The van der Waals surface area contributed by atoms with Crippen LogP contribution in [0.4, 0.5) is 36.4 Å². The summed E-state index contributed by atoms with van der Waals surface area (Å²) in [4.78, 5) is 44.9. The molecule has 49 heavy (non-hydrogen) atoms. The van der Waals surface area contributed by atoms with Crippen LogP contribution in [-0.2, 0) is 17.9 Å². The van der Waals surface area contributed by atoms with E-state index in [0.29, 0.717) is 16.3 Å². The number of aromatic nitrogens is 1. The van der Waals surface area contributed by atoms with Crippen LogP contribution in [0.3, 0.4) is 0 Å². The zero-order valence-electron chi connectivity index (χ0n) is 26.4. The maximum Gasteiger partial charge on any atom is 0.573 e. The molecule has 2 unspecified atom stereocenters. The second-order valence-electron chi connectivity index (χ2n) is 11.4. The van der Waals surface area contributed by atoms with Gasteiger partial charge in [-0.15, -0.1) is 13.2 Å². The number of aryl methyl sites for hydroxylation is 1. The number of benzene rings is 2. The van der Waals surface area contributed by atoms with Gasteiger partial charge in [0.1, 0.15) is 30.1 Å². The zero-order valence-corrected chi connectivity index (χ0v) is 26.4. The molecule has 4 rings (SSSR count). The summed E-state index contributed by atoms with van der Waals surface area (Å²) in [6.07, 6.45) is -9.12. The molecule has 0 bridgehead atoms. The minimum absolute atomic E-state index is 0.00213. The number of amides is 2. The van der Waals surface area contributed by atoms with Crippen molar-refractivity contribution in [3.63, 3.8) is 0 Å². The number of alkyl halides is 6. The molecule has 0 saturated carbocycles. The number of fused-ring (bicyclic) bond motifs is 1. The molecule has 0 radical (unpaired) electrons. The number of nitrogens with one attached hydrogen (secondary N) is 1. The first kappa shape index (κ1) is 36.6. The highest BCUT2D eigenvalue weighted by molar-refractivity contribution is 6.00. The topological polar surface area (TPSA) is 142 Å². The number of azide groups is 1. The smallest absolute Gasteiger partial charge is 0.492 e. The van der Waals surface area contributed by atoms with Gasteiger partial charge in [-0.1, -0.05) is 11.2 Å². The highest BCUT2D eigenvalue weighted by Gasteiger charge is 2.37. The van der Waals surface area contributed by atoms with Crippen LogP contribution in [-0.4, -0.2) is 72.6 Å². The number of hydrogen-bond donors (Lipinski definition) is 1. The Hall–Kier alpha value is -5.19. The first-order chi connectivity index (χ1) is 22.8. The van der Waals surface area contributed by atoms with Crippen molar-refractivity contribution in [1.82, 2.24) is 14.8 Å². The molecule has 1 aliphatic rings. The molecule has 2 amide bonds. The van der Waals surface area contributed by atoms with E-state index in [4.69, 9.17) is 10.3 Å². The quantitative estimate of drug-likeness (QED) is 0.134. The van der Waals surface area contributed by atoms with Gasteiger partial charge in [0.2, 0.25) is 11.3 Å². The van der Waals surface area contributed by atoms with Crippen LogP contribution < -0.4 is 25.1 Å². The molecule has 1 aromatic heterocycles. The van der Waals surface area contributed by atoms with Crippen molar-refractivity contribution in [2.24, 2.45) is 5.11 Å². The third-order valence-electron chi connectivity index (χ3n) is 7.82. The van der Waals surface area contributed by atoms with Gasteiger partial charge in [-0.2, -0.15) is 13.2 Å². The fraction of sp³-hybridized carbons (Fsp3) is 0.433. The minimum atomic E-state index is -4.93. The largest absolute Gasteiger partial charge is 0.573 e. The molecule has 1 N–H and O–H groups in total. The molecular weight excluding hydrogens is 671 g/mol. The van der Waals surface area contributed by atoms with Gasteiger partial charge in [0.05, 0.1) is 18.0 Å². The Morgan fingerprint density at radius 1 is 1.10 bits per heavy atom. The van der Waals surface area contributed by atoms with E-state index in [2.05, 4.69) is 20.1 Å². The van der Waals surface area contributed by atoms with Gasteiger partial charge in [0.25, 0.3) is 5.91 Å². The molecule has 264 valence electrons. The van der Waals surface area contributed by atoms with Crippen molar-refractivity contribution in [2.45, 2.75) is 58.5 Å². The average molecular weight is 702 g/mol. The Morgan fingerprint density at radius 3 is 2.31 bits per heavy atom. The number of ether oxygens (including phenoxy) is 2. The van der Waals surface area contributed by atoms with Crippen molar-refractivity contribution in [1.29, 1.82) is 0 Å². The van der Waals surface area contributed by atoms with Crippen molar-refractivity contribution in [3.8, 4) is 11.5 Å². The standard InChI is InChI=1S/C30H30F7N7O5/c1-15-7-19(49-30(35,36)37)6-5-18(15)9-39-28(47)21-13-43(14-29(32,33)34)24-20(26(21)46)8-22(31)25(27(24)48-4)42-11-16(2)44(17(3)12-42)23(45)10-40-41-38/h5-8,13,16-17H,9-12,14H2,1-4H3,(H,39,47). The maximum absolute atomic E-state index is 16.0. The Balaban J connectivity index is 1.74. The van der Waals surface area contributed by atoms with E-state index >= 15 is 4.39 Å². The van der Waals surface area contributed by atoms with Crippen LogP contribution >= 0.6 is 0 Å². The number of anilines is 1. The summed E-state index contributed by atoms with van der Waals surface area (Å²) in [5.41, 5.74) is 6.60. The molecule has 0 aliphatic carbocycles. The third kappa shape index (κ3) is 8.28. The first-order valence-electron chi connectivity index (χ1n) is 14.6. The van der Waals surface area contributed by atoms with Gasteiger partial charge in [0, 0.05) is 42.8 Å². The van der Waals surface area contributed by atoms with Crippen LogP contribution in [0.15, 0.2) is 40.4 Å². The predicted molar refractivity (Wildman–Crippen MR) is 162 cm³/mol. The molecule has 2 heterocycles. The normalized spacial score (nSPS) is 16.7. The van der Waals surface area contributed by atoms with E-state index in [9.17, 15) is 40.7 Å². The first-order valence-corrected chi connectivity index (χ1v) is 14.6. The van der Waals surface area contributed by atoms with Gasteiger partial charge in [0.15, 0.2) is 11.6 Å². The molecule has 2 aromatic carbocycles. The minimum Gasteiger partial charge on any atom is -0.492 e. The molecule has 1 aliphatic heterocycles. The number of nitrogens with zero attached hydrogens (tertiary/aromatic N) is 6. The number of carbonyl (C=O) groups excluding carboxylic acids is 2. The van der Waals surface area contributed by atoms with Crippen molar-refractivity contribution >= 4 is 28.4 Å². The molecule has 1 fully saturated rings. The summed E-state index contributed by atoms with van der Waals surface area (Å²) in [7, 11) is 1.08. The molecule has 12 nitrogen and oxygen atoms in total. The number of halogens is 7. The van der Waals surface area contributed by atoms with Crippen LogP contribution in [0.1, 0.15) is 35.3 Å². The summed E-state index contributed by atoms with van der Waals surface area (Å²) in [6, 6.07) is 2.89. The summed E-state index contributed by atoms with van der Waals surface area (Å²) in [5.74, 6) is -3.55. The van der Waals surface area contributed by atoms with E-state index in [1.54, 1.807) is 13.8 Å². The molecule has 3 aromatic rings. The number of hydrogen-bond acceptors (Lipinski definition) is 7. The molecule has 1 saturated heterocycles. The predicted octanol–water partition coefficient (Wildman–Crippen LogP) is 5.58. The fourth-order valence-corrected chi connectivity index (χ4v) is 5.96. The van der Waals surface area contributed by atoms with Gasteiger partial charge in [-0.3, -0.25) is 14.4 Å². The third-order valence-corrected chi connectivity index (χ3v) is 7.82. The Labute approximate surface area is 273 Å². The fourth-order valence-electron chi connectivity index (χ4n) is 5.96. The maximum atomic E-state index is 16.0. The number of methoxy groups -OCH3 is 1. The van der Waals surface area contributed by atoms with E-state index in [-0.39, 0.29) is 30.9 Å². The van der Waals surface area contributed by atoms with Gasteiger partial charge < -0.3 is 29.2 Å². The highest BCUT2D eigenvalue weighted by Crippen LogP contribution is 2.40. The number of piperazine rings is 1. The lowest BCUT2D eigenvalue weighted by atomic mass is 10.0. The van der Waals surface area contributed by atoms with E-state index in [1.165, 1.54) is 22.8 Å². The second-order valence-corrected chi connectivity index (χ2v) is 11.4. The van der Waals surface area contributed by atoms with Crippen molar-refractivity contribution in [3.05, 3.63) is 73.6 Å². The SMILES string of the molecule is COc1c(N2CC(C)N(C(=O)CN=[N+]=[N-])C(C)C2)c(F)cc2c(=O)c(C(=O)NCc3ccc(OC(F)(F)F)cc3C)cn(CC(F)(F)F)c12. The molecule has 0 spiro atoms. The van der Waals surface area contributed by atoms with E-state index in [1.807, 2.05) is 0 Å². The summed E-state index contributed by atoms with van der Waals surface area (Å²) in [6.45, 7) is 2.28. The summed E-state index contributed by atoms with van der Waals surface area (Å²) < 4.78 is 105. The number of carbonyl (C=O) groups is 2. The summed E-state index contributed by atoms with van der Waals surface area (Å²) in [5, 5.41) is 5.08. The lowest BCUT2D eigenvalue weighted by molar-refractivity contribution is -0.274. The average Bonchev–Trinajstić information content (AvgIpc) is 2.98. The van der Waals surface area contributed by atoms with Gasteiger partial charge in [-0.25, -0.2) is 4.39 Å². The van der Waals surface area contributed by atoms with E-state index in [0.717, 1.165) is 25.3 Å². The van der Waals surface area contributed by atoms with Crippen LogP contribution in [0.25, 0.3) is 21.3 Å². The lowest BCUT2D eigenvalue weighted by Crippen LogP contribution is -2.59. The lowest BCUT2D eigenvalue weighted by Gasteiger charge is -2.45. The molecular formula is C30H30F7N7O5. The van der Waals surface area contributed by atoms with Crippen LogP contribution in [0.2, 0.25) is 0 Å². The van der Waals surface area contributed by atoms with Crippen molar-refractivity contribution < 1.29 is 49.8 Å². The molecule has 19 heteroatoms. The second kappa shape index (κ2) is 14.1. The molecule has 2 atom stereocenters. The monoisotopic (exact) mass is 701 g/mol. The highest BCUT2D eigenvalue weighted by atomic mass is 19.4. The van der Waals surface area contributed by atoms with Gasteiger partial charge in [-0.05, 0) is 55.6 Å². The van der Waals surface area contributed by atoms with Crippen molar-refractivity contribution in [2.75, 3.05) is 31.6 Å². The van der Waals surface area contributed by atoms with Crippen LogP contribution in [0, 0.1) is 12.7 Å². The van der Waals surface area contributed by atoms with Crippen LogP contribution in [0.5, 0.6) is 11.5 Å². The summed E-state index contributed by atoms with van der Waals surface area (Å²) >= 11 is 0. The Bertz CT molecular complexity index is 1860. The zero-order chi connectivity index (χ0) is 36.4. The number of rotatable bonds is 9.